The summed E-state index contributed by atoms with van der Waals surface area (Å²) in [5.74, 6) is -1.01. The Morgan fingerprint density at radius 2 is 2.10 bits per heavy atom. The van der Waals surface area contributed by atoms with Gasteiger partial charge in [-0.3, -0.25) is 14.5 Å². The molecule has 0 aliphatic rings. The minimum atomic E-state index is -0.883. The number of halogens is 1. The second-order valence-electron chi connectivity index (χ2n) is 4.77. The Morgan fingerprint density at radius 3 is 2.65 bits per heavy atom. The second kappa shape index (κ2) is 8.01. The van der Waals surface area contributed by atoms with Gasteiger partial charge in [-0.2, -0.15) is 0 Å². The van der Waals surface area contributed by atoms with Crippen LogP contribution in [-0.2, 0) is 9.59 Å². The number of carbonyl (C=O) groups excluding carboxylic acids is 1. The Morgan fingerprint density at radius 1 is 1.40 bits per heavy atom. The highest BCUT2D eigenvalue weighted by Gasteiger charge is 2.14. The molecule has 5 nitrogen and oxygen atoms in total. The van der Waals surface area contributed by atoms with Gasteiger partial charge in [-0.25, -0.2) is 0 Å². The number of anilines is 1. The molecule has 1 aromatic carbocycles. The Labute approximate surface area is 127 Å². The smallest absolute Gasteiger partial charge is 0.317 e. The van der Waals surface area contributed by atoms with Crippen molar-refractivity contribution in [3.05, 3.63) is 28.7 Å². The first-order valence-electron chi connectivity index (χ1n) is 6.39. The number of carboxylic acids is 1. The molecule has 110 valence electrons. The number of carbonyl (C=O) groups is 2. The van der Waals surface area contributed by atoms with Crippen molar-refractivity contribution in [2.24, 2.45) is 0 Å². The average Bonchev–Trinajstić information content (AvgIpc) is 2.33. The van der Waals surface area contributed by atoms with Crippen molar-refractivity contribution >= 4 is 33.5 Å². The molecular formula is C14H19BrN2O3. The first kappa shape index (κ1) is 16.7. The van der Waals surface area contributed by atoms with Crippen LogP contribution in [0, 0.1) is 0 Å². The highest BCUT2D eigenvalue weighted by atomic mass is 79.9. The fraction of sp³-hybridized carbons (Fsp3) is 0.429. The maximum absolute atomic E-state index is 11.8. The predicted molar refractivity (Wildman–Crippen MR) is 81.7 cm³/mol. The van der Waals surface area contributed by atoms with Crippen LogP contribution in [0.5, 0.6) is 0 Å². The zero-order chi connectivity index (χ0) is 15.1. The summed E-state index contributed by atoms with van der Waals surface area (Å²) in [6.45, 7) is 4.19. The molecule has 2 N–H and O–H groups in total. The monoisotopic (exact) mass is 342 g/mol. The van der Waals surface area contributed by atoms with Crippen LogP contribution in [-0.4, -0.2) is 41.0 Å². The number of nitrogens with one attached hydrogen (secondary N) is 1. The van der Waals surface area contributed by atoms with E-state index >= 15 is 0 Å². The zero-order valence-electron chi connectivity index (χ0n) is 11.6. The van der Waals surface area contributed by atoms with Crippen molar-refractivity contribution < 1.29 is 14.7 Å². The van der Waals surface area contributed by atoms with Crippen molar-refractivity contribution in [2.45, 2.75) is 26.3 Å². The van der Waals surface area contributed by atoms with Gasteiger partial charge in [0.05, 0.1) is 6.54 Å². The summed E-state index contributed by atoms with van der Waals surface area (Å²) < 4.78 is 0.894. The molecule has 0 saturated carbocycles. The summed E-state index contributed by atoms with van der Waals surface area (Å²) >= 11 is 3.34. The summed E-state index contributed by atoms with van der Waals surface area (Å²) in [6, 6.07) is 7.42. The maximum Gasteiger partial charge on any atom is 0.317 e. The van der Waals surface area contributed by atoms with Crippen LogP contribution in [0.15, 0.2) is 28.7 Å². The Balaban J connectivity index is 2.47. The molecule has 0 aromatic heterocycles. The number of carboxylic acid groups (broad SMARTS) is 1. The van der Waals surface area contributed by atoms with Gasteiger partial charge in [0, 0.05) is 29.2 Å². The number of hydrogen-bond acceptors (Lipinski definition) is 3. The molecule has 0 unspecified atom stereocenters. The molecule has 6 heteroatoms. The summed E-state index contributed by atoms with van der Waals surface area (Å²) in [7, 11) is 0. The van der Waals surface area contributed by atoms with Crippen LogP contribution in [0.25, 0.3) is 0 Å². The lowest BCUT2D eigenvalue weighted by molar-refractivity contribution is -0.139. The topological polar surface area (TPSA) is 69.6 Å². The third-order valence-electron chi connectivity index (χ3n) is 2.80. The third-order valence-corrected chi connectivity index (χ3v) is 3.30. The van der Waals surface area contributed by atoms with Gasteiger partial charge in [0.1, 0.15) is 0 Å². The van der Waals surface area contributed by atoms with Crippen molar-refractivity contribution in [3.8, 4) is 0 Å². The highest BCUT2D eigenvalue weighted by molar-refractivity contribution is 9.10. The molecule has 0 bridgehead atoms. The molecule has 0 fully saturated rings. The van der Waals surface area contributed by atoms with Gasteiger partial charge in [0.15, 0.2) is 0 Å². The van der Waals surface area contributed by atoms with E-state index < -0.39 is 5.97 Å². The van der Waals surface area contributed by atoms with Gasteiger partial charge in [-0.05, 0) is 32.0 Å². The predicted octanol–water partition coefficient (Wildman–Crippen LogP) is 2.57. The molecular weight excluding hydrogens is 324 g/mol. The fourth-order valence-electron chi connectivity index (χ4n) is 1.73. The first-order valence-corrected chi connectivity index (χ1v) is 7.19. The van der Waals surface area contributed by atoms with Crippen molar-refractivity contribution in [2.75, 3.05) is 18.4 Å². The first-order chi connectivity index (χ1) is 9.38. The van der Waals surface area contributed by atoms with Gasteiger partial charge >= 0.3 is 5.97 Å². The molecule has 1 rings (SSSR count). The molecule has 0 aliphatic heterocycles. The average molecular weight is 343 g/mol. The number of aliphatic carboxylic acids is 1. The molecule has 1 aromatic rings. The van der Waals surface area contributed by atoms with Gasteiger partial charge in [0.25, 0.3) is 0 Å². The third kappa shape index (κ3) is 6.16. The van der Waals surface area contributed by atoms with Gasteiger partial charge in [0.2, 0.25) is 5.91 Å². The normalized spacial score (nSPS) is 10.8. The van der Waals surface area contributed by atoms with E-state index in [4.69, 9.17) is 5.11 Å². The highest BCUT2D eigenvalue weighted by Crippen LogP contribution is 2.15. The van der Waals surface area contributed by atoms with E-state index in [1.54, 1.807) is 11.0 Å². The van der Waals surface area contributed by atoms with E-state index in [0.717, 1.165) is 10.2 Å². The maximum atomic E-state index is 11.8. The van der Waals surface area contributed by atoms with Crippen LogP contribution >= 0.6 is 15.9 Å². The molecule has 0 heterocycles. The molecule has 20 heavy (non-hydrogen) atoms. The van der Waals surface area contributed by atoms with E-state index in [1.165, 1.54) is 0 Å². The van der Waals surface area contributed by atoms with Gasteiger partial charge in [-0.1, -0.05) is 22.0 Å². The Kier molecular flexibility index (Phi) is 6.67. The Bertz CT molecular complexity index is 477. The number of amides is 1. The molecule has 0 spiro atoms. The van der Waals surface area contributed by atoms with Crippen LogP contribution in [0.2, 0.25) is 0 Å². The van der Waals surface area contributed by atoms with Crippen LogP contribution in [0.1, 0.15) is 20.3 Å². The van der Waals surface area contributed by atoms with Crippen LogP contribution < -0.4 is 5.32 Å². The summed E-state index contributed by atoms with van der Waals surface area (Å²) in [5, 5.41) is 11.6. The minimum Gasteiger partial charge on any atom is -0.480 e. The summed E-state index contributed by atoms with van der Waals surface area (Å²) in [5.41, 5.74) is 0.721. The van der Waals surface area contributed by atoms with E-state index in [2.05, 4.69) is 21.2 Å². The number of nitrogens with zero attached hydrogens (tertiary/aromatic N) is 1. The van der Waals surface area contributed by atoms with Crippen molar-refractivity contribution in [1.82, 2.24) is 4.90 Å². The number of benzene rings is 1. The summed E-state index contributed by atoms with van der Waals surface area (Å²) in [6.07, 6.45) is 0.262. The molecule has 0 saturated heterocycles. The lowest BCUT2D eigenvalue weighted by atomic mass is 10.2. The largest absolute Gasteiger partial charge is 0.480 e. The lowest BCUT2D eigenvalue weighted by Gasteiger charge is -2.24. The number of hydrogen-bond donors (Lipinski definition) is 2. The molecule has 0 radical (unpaired) electrons. The Hall–Kier alpha value is -1.40. The van der Waals surface area contributed by atoms with Crippen molar-refractivity contribution in [3.63, 3.8) is 0 Å². The van der Waals surface area contributed by atoms with E-state index in [-0.39, 0.29) is 24.9 Å². The molecule has 0 aliphatic carbocycles. The van der Waals surface area contributed by atoms with Crippen molar-refractivity contribution in [1.29, 1.82) is 0 Å². The number of rotatable bonds is 7. The van der Waals surface area contributed by atoms with Gasteiger partial charge in [-0.15, -0.1) is 0 Å². The minimum absolute atomic E-state index is 0.0537. The van der Waals surface area contributed by atoms with E-state index in [0.29, 0.717) is 6.54 Å². The quantitative estimate of drug-likeness (QED) is 0.798. The summed E-state index contributed by atoms with van der Waals surface area (Å²) in [4.78, 5) is 24.3. The molecule has 1 amide bonds. The SMILES string of the molecule is CC(C)N(CCC(=O)Nc1cccc(Br)c1)CC(=O)O. The van der Waals surface area contributed by atoms with Gasteiger partial charge < -0.3 is 10.4 Å². The second-order valence-corrected chi connectivity index (χ2v) is 5.68. The van der Waals surface area contributed by atoms with Crippen LogP contribution in [0.3, 0.4) is 0 Å². The van der Waals surface area contributed by atoms with Crippen LogP contribution in [0.4, 0.5) is 5.69 Å². The standard InChI is InChI=1S/C14H19BrN2O3/c1-10(2)17(9-14(19)20)7-6-13(18)16-12-5-3-4-11(15)8-12/h3-5,8,10H,6-7,9H2,1-2H3,(H,16,18)(H,19,20). The lowest BCUT2D eigenvalue weighted by Crippen LogP contribution is -2.37. The fourth-order valence-corrected chi connectivity index (χ4v) is 2.13. The molecule has 0 atom stereocenters. The van der Waals surface area contributed by atoms with E-state index in [9.17, 15) is 9.59 Å². The van der Waals surface area contributed by atoms with E-state index in [1.807, 2.05) is 32.0 Å². The zero-order valence-corrected chi connectivity index (χ0v) is 13.2.